The van der Waals surface area contributed by atoms with Crippen LogP contribution in [0, 0.1) is 6.92 Å². The minimum atomic E-state index is -4.59. The van der Waals surface area contributed by atoms with Crippen molar-refractivity contribution >= 4 is 34.3 Å². The predicted octanol–water partition coefficient (Wildman–Crippen LogP) is 4.54. The van der Waals surface area contributed by atoms with Crippen LogP contribution in [-0.2, 0) is 6.18 Å². The number of alkyl halides is 3. The summed E-state index contributed by atoms with van der Waals surface area (Å²) < 4.78 is 44.2. The van der Waals surface area contributed by atoms with E-state index in [-0.39, 0.29) is 11.7 Å². The third-order valence-electron chi connectivity index (χ3n) is 5.45. The second-order valence-corrected chi connectivity index (χ2v) is 7.96. The van der Waals surface area contributed by atoms with Crippen molar-refractivity contribution in [3.8, 4) is 17.4 Å². The quantitative estimate of drug-likeness (QED) is 0.293. The van der Waals surface area contributed by atoms with E-state index >= 15 is 0 Å². The van der Waals surface area contributed by atoms with Gasteiger partial charge in [-0.05, 0) is 36.8 Å². The van der Waals surface area contributed by atoms with Gasteiger partial charge in [0.05, 0.1) is 12.7 Å². The van der Waals surface area contributed by atoms with E-state index in [0.717, 1.165) is 17.8 Å². The van der Waals surface area contributed by atoms with Crippen LogP contribution in [0.4, 0.5) is 30.4 Å². The van der Waals surface area contributed by atoms with Crippen LogP contribution < -0.4 is 15.4 Å². The first kappa shape index (κ1) is 24.5. The highest BCUT2D eigenvalue weighted by Crippen LogP contribution is 2.32. The van der Waals surface area contributed by atoms with Crippen molar-refractivity contribution in [3.63, 3.8) is 0 Å². The molecule has 0 fully saturated rings. The molecule has 192 valence electrons. The average molecular weight is 521 g/mol. The van der Waals surface area contributed by atoms with E-state index in [9.17, 15) is 18.0 Å². The minimum absolute atomic E-state index is 0.259. The Bertz CT molecular complexity index is 1650. The van der Waals surface area contributed by atoms with E-state index < -0.39 is 17.6 Å². The maximum Gasteiger partial charge on any atom is 0.416 e. The van der Waals surface area contributed by atoms with Crippen molar-refractivity contribution in [1.29, 1.82) is 0 Å². The van der Waals surface area contributed by atoms with Gasteiger partial charge < -0.3 is 15.4 Å². The number of hydrogen-bond donors (Lipinski definition) is 3. The van der Waals surface area contributed by atoms with Gasteiger partial charge >= 0.3 is 6.18 Å². The van der Waals surface area contributed by atoms with Crippen LogP contribution in [0.2, 0.25) is 0 Å². The zero-order chi connectivity index (χ0) is 26.9. The monoisotopic (exact) mass is 521 g/mol. The number of rotatable bonds is 6. The van der Waals surface area contributed by atoms with E-state index in [1.54, 1.807) is 18.2 Å². The molecule has 0 bridgehead atoms. The summed E-state index contributed by atoms with van der Waals surface area (Å²) >= 11 is 0. The molecule has 0 saturated heterocycles. The van der Waals surface area contributed by atoms with Crippen LogP contribution in [0.25, 0.3) is 22.6 Å². The van der Waals surface area contributed by atoms with Crippen molar-refractivity contribution in [2.75, 3.05) is 17.7 Å². The summed E-state index contributed by atoms with van der Waals surface area (Å²) in [7, 11) is 1.47. The molecular weight excluding hydrogens is 503 g/mol. The number of anilines is 3. The van der Waals surface area contributed by atoms with Gasteiger partial charge in [-0.15, -0.1) is 0 Å². The van der Waals surface area contributed by atoms with Crippen LogP contribution in [0.5, 0.6) is 6.01 Å². The molecule has 4 heterocycles. The topological polar surface area (TPSA) is 143 Å². The number of ether oxygens (including phenoxy) is 1. The molecule has 4 aromatic heterocycles. The van der Waals surface area contributed by atoms with Gasteiger partial charge in [0, 0.05) is 30.0 Å². The standard InChI is InChI=1S/C24H18F3N9O2/c1-12-3-4-14(33-22(37)16-9-13(5-6-28-16)24(25,26)27)10-15(12)34-20-18(29-7-8-30-20)17-19-21(32-11-31-17)36-23(35-19)38-2/h3-11H,1-2H3,(H,30,34)(H,33,37)(H,31,32,35,36). The maximum absolute atomic E-state index is 13.0. The normalized spacial score (nSPS) is 11.4. The Morgan fingerprint density at radius 3 is 2.58 bits per heavy atom. The van der Waals surface area contributed by atoms with Gasteiger partial charge in [0.25, 0.3) is 11.9 Å². The molecule has 1 aromatic carbocycles. The number of nitrogens with one attached hydrogen (secondary N) is 3. The number of hydrogen-bond acceptors (Lipinski definition) is 9. The van der Waals surface area contributed by atoms with Gasteiger partial charge in [0.1, 0.15) is 28.9 Å². The number of imidazole rings is 1. The lowest BCUT2D eigenvalue weighted by molar-refractivity contribution is -0.137. The van der Waals surface area contributed by atoms with Crippen molar-refractivity contribution in [1.82, 2.24) is 34.9 Å². The summed E-state index contributed by atoms with van der Waals surface area (Å²) in [5.41, 5.74) is 2.03. The maximum atomic E-state index is 13.0. The summed E-state index contributed by atoms with van der Waals surface area (Å²) in [6.45, 7) is 1.83. The van der Waals surface area contributed by atoms with Crippen LogP contribution >= 0.6 is 0 Å². The SMILES string of the molecule is COc1nc2c(-c3nccnc3Nc3cc(NC(=O)c4cc(C(F)(F)F)ccn4)ccc3C)ncnc2[nH]1. The van der Waals surface area contributed by atoms with Gasteiger partial charge in [-0.1, -0.05) is 6.07 Å². The van der Waals surface area contributed by atoms with Gasteiger partial charge in [-0.25, -0.2) is 19.9 Å². The second-order valence-electron chi connectivity index (χ2n) is 7.96. The summed E-state index contributed by atoms with van der Waals surface area (Å²) in [5, 5.41) is 5.76. The van der Waals surface area contributed by atoms with Crippen molar-refractivity contribution < 1.29 is 22.7 Å². The number of nitrogens with zero attached hydrogens (tertiary/aromatic N) is 6. The number of carbonyl (C=O) groups is 1. The number of carbonyl (C=O) groups excluding carboxylic acids is 1. The summed E-state index contributed by atoms with van der Waals surface area (Å²) in [5.74, 6) is -0.442. The fraction of sp³-hybridized carbons (Fsp3) is 0.125. The number of aromatic amines is 1. The molecule has 11 nitrogen and oxygen atoms in total. The first-order valence-corrected chi connectivity index (χ1v) is 11.0. The van der Waals surface area contributed by atoms with E-state index in [0.29, 0.717) is 45.8 Å². The Hall–Kier alpha value is -5.14. The number of halogens is 3. The molecule has 5 aromatic rings. The zero-order valence-electron chi connectivity index (χ0n) is 19.8. The van der Waals surface area contributed by atoms with Crippen molar-refractivity contribution in [2.24, 2.45) is 0 Å². The highest BCUT2D eigenvalue weighted by Gasteiger charge is 2.31. The molecule has 38 heavy (non-hydrogen) atoms. The molecule has 0 aliphatic heterocycles. The van der Waals surface area contributed by atoms with E-state index in [1.165, 1.54) is 25.8 Å². The molecule has 0 saturated carbocycles. The third-order valence-corrected chi connectivity index (χ3v) is 5.45. The number of aryl methyl sites for hydroxylation is 1. The Labute approximate surface area is 212 Å². The lowest BCUT2D eigenvalue weighted by atomic mass is 10.1. The van der Waals surface area contributed by atoms with Crippen molar-refractivity contribution in [2.45, 2.75) is 13.1 Å². The number of benzene rings is 1. The molecule has 0 aliphatic carbocycles. The molecule has 0 radical (unpaired) electrons. The first-order valence-electron chi connectivity index (χ1n) is 11.0. The van der Waals surface area contributed by atoms with Gasteiger partial charge in [0.15, 0.2) is 11.5 Å². The number of fused-ring (bicyclic) bond motifs is 1. The Morgan fingerprint density at radius 1 is 0.974 bits per heavy atom. The van der Waals surface area contributed by atoms with Gasteiger partial charge in [0.2, 0.25) is 0 Å². The van der Waals surface area contributed by atoms with Crippen LogP contribution in [0.15, 0.2) is 55.2 Å². The summed E-state index contributed by atoms with van der Waals surface area (Å²) in [6, 6.07) is 6.72. The fourth-order valence-corrected chi connectivity index (χ4v) is 3.57. The molecule has 5 rings (SSSR count). The van der Waals surface area contributed by atoms with Crippen LogP contribution in [-0.4, -0.2) is 47.9 Å². The summed E-state index contributed by atoms with van der Waals surface area (Å²) in [4.78, 5) is 40.9. The van der Waals surface area contributed by atoms with E-state index in [2.05, 4.69) is 45.5 Å². The Kier molecular flexibility index (Phi) is 6.28. The average Bonchev–Trinajstić information content (AvgIpc) is 3.34. The molecule has 3 N–H and O–H groups in total. The summed E-state index contributed by atoms with van der Waals surface area (Å²) in [6.07, 6.45) is 0.703. The Morgan fingerprint density at radius 2 is 1.79 bits per heavy atom. The van der Waals surface area contributed by atoms with Crippen LogP contribution in [0.3, 0.4) is 0 Å². The number of pyridine rings is 1. The lowest BCUT2D eigenvalue weighted by Gasteiger charge is -2.14. The molecule has 14 heteroatoms. The smallest absolute Gasteiger partial charge is 0.416 e. The molecular formula is C24H18F3N9O2. The minimum Gasteiger partial charge on any atom is -0.468 e. The van der Waals surface area contributed by atoms with Gasteiger partial charge in [-0.2, -0.15) is 18.2 Å². The number of methoxy groups -OCH3 is 1. The highest BCUT2D eigenvalue weighted by molar-refractivity contribution is 6.03. The highest BCUT2D eigenvalue weighted by atomic mass is 19.4. The second kappa shape index (κ2) is 9.72. The first-order chi connectivity index (χ1) is 18.2. The van der Waals surface area contributed by atoms with Crippen molar-refractivity contribution in [3.05, 3.63) is 72.1 Å². The molecule has 1 amide bonds. The zero-order valence-corrected chi connectivity index (χ0v) is 19.8. The Balaban J connectivity index is 1.44. The van der Waals surface area contributed by atoms with Crippen LogP contribution in [0.1, 0.15) is 21.6 Å². The molecule has 0 aliphatic rings. The molecule has 0 atom stereocenters. The molecule has 0 spiro atoms. The number of H-pyrrole nitrogens is 1. The van der Waals surface area contributed by atoms with E-state index in [4.69, 9.17) is 4.74 Å². The predicted molar refractivity (Wildman–Crippen MR) is 131 cm³/mol. The van der Waals surface area contributed by atoms with E-state index in [1.807, 2.05) is 6.92 Å². The largest absolute Gasteiger partial charge is 0.468 e. The number of amides is 1. The van der Waals surface area contributed by atoms with Gasteiger partial charge in [-0.3, -0.25) is 14.8 Å². The fourth-order valence-electron chi connectivity index (χ4n) is 3.57. The third kappa shape index (κ3) is 4.91. The lowest BCUT2D eigenvalue weighted by Crippen LogP contribution is -2.16. The number of aromatic nitrogens is 7. The molecule has 0 unspecified atom stereocenters.